The molecular formula is C20H21BrN4O2. The Morgan fingerprint density at radius 3 is 2.70 bits per heavy atom. The van der Waals surface area contributed by atoms with Crippen LogP contribution in [-0.2, 0) is 24.5 Å². The number of halogens is 1. The lowest BCUT2D eigenvalue weighted by molar-refractivity contribution is 0.0685. The molecular weight excluding hydrogens is 408 g/mol. The van der Waals surface area contributed by atoms with Gasteiger partial charge in [-0.05, 0) is 37.6 Å². The normalized spacial score (nSPS) is 13.3. The summed E-state index contributed by atoms with van der Waals surface area (Å²) < 4.78 is 6.53. The second kappa shape index (κ2) is 6.98. The van der Waals surface area contributed by atoms with Crippen LogP contribution in [0.5, 0.6) is 0 Å². The van der Waals surface area contributed by atoms with Crippen molar-refractivity contribution in [2.75, 3.05) is 5.73 Å². The number of aromatic amines is 1. The molecule has 3 N–H and O–H groups in total. The number of H-pyrrole nitrogens is 1. The van der Waals surface area contributed by atoms with E-state index >= 15 is 0 Å². The van der Waals surface area contributed by atoms with Crippen molar-refractivity contribution in [2.45, 2.75) is 39.6 Å². The van der Waals surface area contributed by atoms with Gasteiger partial charge in [0, 0.05) is 28.2 Å². The number of nitrogens with one attached hydrogen (secondary N) is 1. The molecule has 4 rings (SSSR count). The minimum atomic E-state index is -0.0582. The number of hydrogen-bond donors (Lipinski definition) is 2. The molecule has 0 aliphatic carbocycles. The van der Waals surface area contributed by atoms with Crippen molar-refractivity contribution in [3.8, 4) is 0 Å². The molecule has 1 aromatic carbocycles. The van der Waals surface area contributed by atoms with Gasteiger partial charge in [-0.2, -0.15) is 0 Å². The number of carbonyl (C=O) groups excluding carboxylic acids is 1. The zero-order valence-corrected chi connectivity index (χ0v) is 16.8. The lowest BCUT2D eigenvalue weighted by Crippen LogP contribution is -2.36. The van der Waals surface area contributed by atoms with Crippen LogP contribution in [0.3, 0.4) is 0 Å². The van der Waals surface area contributed by atoms with E-state index in [9.17, 15) is 4.79 Å². The molecule has 140 valence electrons. The highest BCUT2D eigenvalue weighted by Gasteiger charge is 2.25. The van der Waals surface area contributed by atoms with Gasteiger partial charge in [0.15, 0.2) is 0 Å². The number of carbonyl (C=O) groups is 1. The molecule has 3 aromatic rings. The number of nitrogens with zero attached hydrogens (tertiary/aromatic N) is 2. The van der Waals surface area contributed by atoms with Crippen LogP contribution in [0.1, 0.15) is 41.0 Å². The minimum Gasteiger partial charge on any atom is -0.383 e. The zero-order valence-electron chi connectivity index (χ0n) is 15.3. The van der Waals surface area contributed by atoms with Gasteiger partial charge in [0.25, 0.3) is 5.91 Å². The molecule has 1 amide bonds. The average Bonchev–Trinajstić information content (AvgIpc) is 3.27. The fourth-order valence-electron chi connectivity index (χ4n) is 3.39. The molecule has 1 aliphatic heterocycles. The van der Waals surface area contributed by atoms with Crippen LogP contribution in [0, 0.1) is 0 Å². The summed E-state index contributed by atoms with van der Waals surface area (Å²) >= 11 is 3.44. The molecule has 0 bridgehead atoms. The second-order valence-corrected chi connectivity index (χ2v) is 7.96. The molecule has 0 unspecified atom stereocenters. The predicted molar refractivity (Wildman–Crippen MR) is 108 cm³/mol. The largest absolute Gasteiger partial charge is 0.383 e. The van der Waals surface area contributed by atoms with Crippen LogP contribution >= 0.6 is 15.9 Å². The van der Waals surface area contributed by atoms with Crippen molar-refractivity contribution in [1.82, 2.24) is 14.9 Å². The number of aromatic nitrogens is 2. The standard InChI is InChI=1S/C20H21BrN4O2/c1-11(2)25(8-12-3-5-13(21)6-4-12)20(26)17-7-16-18(23-17)14-9-27-10-15(14)19(22)24-16/h3-7,11,23H,8-10H2,1-2H3,(H2,22,24). The average molecular weight is 429 g/mol. The van der Waals surface area contributed by atoms with Crippen molar-refractivity contribution in [3.63, 3.8) is 0 Å². The molecule has 0 radical (unpaired) electrons. The maximum atomic E-state index is 13.2. The van der Waals surface area contributed by atoms with Crippen LogP contribution in [0.2, 0.25) is 0 Å². The van der Waals surface area contributed by atoms with E-state index in [1.807, 2.05) is 43.0 Å². The number of benzene rings is 1. The Bertz CT molecular complexity index is 1010. The third-order valence-corrected chi connectivity index (χ3v) is 5.42. The summed E-state index contributed by atoms with van der Waals surface area (Å²) in [5.41, 5.74) is 11.1. The number of amides is 1. The topological polar surface area (TPSA) is 84.2 Å². The summed E-state index contributed by atoms with van der Waals surface area (Å²) in [7, 11) is 0. The Morgan fingerprint density at radius 2 is 2.00 bits per heavy atom. The van der Waals surface area contributed by atoms with Gasteiger partial charge in [0.05, 0.1) is 24.2 Å². The van der Waals surface area contributed by atoms with Crippen molar-refractivity contribution >= 4 is 38.7 Å². The van der Waals surface area contributed by atoms with Gasteiger partial charge in [-0.25, -0.2) is 4.98 Å². The Hall–Kier alpha value is -2.38. The molecule has 0 saturated carbocycles. The van der Waals surface area contributed by atoms with E-state index in [0.29, 0.717) is 36.8 Å². The highest BCUT2D eigenvalue weighted by molar-refractivity contribution is 9.10. The van der Waals surface area contributed by atoms with Crippen LogP contribution in [0.25, 0.3) is 11.0 Å². The lowest BCUT2D eigenvalue weighted by atomic mass is 10.1. The van der Waals surface area contributed by atoms with Gasteiger partial charge < -0.3 is 20.4 Å². The van der Waals surface area contributed by atoms with Crippen LogP contribution < -0.4 is 5.73 Å². The van der Waals surface area contributed by atoms with E-state index < -0.39 is 0 Å². The summed E-state index contributed by atoms with van der Waals surface area (Å²) in [5, 5.41) is 0. The van der Waals surface area contributed by atoms with Crippen molar-refractivity contribution in [3.05, 3.63) is 57.2 Å². The predicted octanol–water partition coefficient (Wildman–Crippen LogP) is 3.99. The second-order valence-electron chi connectivity index (χ2n) is 7.04. The Morgan fingerprint density at radius 1 is 1.30 bits per heavy atom. The third kappa shape index (κ3) is 3.33. The number of hydrogen-bond acceptors (Lipinski definition) is 4. The van der Waals surface area contributed by atoms with Crippen molar-refractivity contribution in [1.29, 1.82) is 0 Å². The first-order valence-corrected chi connectivity index (χ1v) is 9.66. The zero-order chi connectivity index (χ0) is 19.1. The quantitative estimate of drug-likeness (QED) is 0.657. The van der Waals surface area contributed by atoms with Crippen LogP contribution in [0.4, 0.5) is 5.82 Å². The minimum absolute atomic E-state index is 0.0552. The highest BCUT2D eigenvalue weighted by atomic mass is 79.9. The first-order valence-electron chi connectivity index (χ1n) is 8.87. The van der Waals surface area contributed by atoms with Crippen molar-refractivity contribution in [2.24, 2.45) is 0 Å². The van der Waals surface area contributed by atoms with E-state index in [0.717, 1.165) is 26.7 Å². The smallest absolute Gasteiger partial charge is 0.270 e. The first kappa shape index (κ1) is 18.0. The van der Waals surface area contributed by atoms with E-state index in [-0.39, 0.29) is 11.9 Å². The number of anilines is 1. The molecule has 0 fully saturated rings. The van der Waals surface area contributed by atoms with Gasteiger partial charge in [-0.3, -0.25) is 4.79 Å². The first-order chi connectivity index (χ1) is 12.9. The van der Waals surface area contributed by atoms with Crippen LogP contribution in [-0.4, -0.2) is 26.8 Å². The van der Waals surface area contributed by atoms with E-state index in [1.54, 1.807) is 6.07 Å². The summed E-state index contributed by atoms with van der Waals surface area (Å²) in [6.45, 7) is 5.52. The fourth-order valence-corrected chi connectivity index (χ4v) is 3.65. The molecule has 27 heavy (non-hydrogen) atoms. The molecule has 1 aliphatic rings. The Kier molecular flexibility index (Phi) is 4.65. The number of rotatable bonds is 4. The molecule has 6 nitrogen and oxygen atoms in total. The maximum absolute atomic E-state index is 13.2. The van der Waals surface area contributed by atoms with Gasteiger partial charge in [-0.1, -0.05) is 28.1 Å². The number of ether oxygens (including phenoxy) is 1. The molecule has 0 spiro atoms. The molecule has 7 heteroatoms. The SMILES string of the molecule is CC(C)N(Cc1ccc(Br)cc1)C(=O)c1cc2nc(N)c3c(c2[nH]1)COC3. The molecule has 2 aromatic heterocycles. The summed E-state index contributed by atoms with van der Waals surface area (Å²) in [6.07, 6.45) is 0. The fraction of sp³-hybridized carbons (Fsp3) is 0.300. The summed E-state index contributed by atoms with van der Waals surface area (Å²) in [6, 6.07) is 9.84. The Labute approximate surface area is 165 Å². The lowest BCUT2D eigenvalue weighted by Gasteiger charge is -2.26. The molecule has 0 atom stereocenters. The number of nitrogens with two attached hydrogens (primary N) is 1. The van der Waals surface area contributed by atoms with Gasteiger partial charge >= 0.3 is 0 Å². The number of fused-ring (bicyclic) bond motifs is 3. The third-order valence-electron chi connectivity index (χ3n) is 4.89. The molecule has 3 heterocycles. The Balaban J connectivity index is 1.68. The van der Waals surface area contributed by atoms with Crippen LogP contribution in [0.15, 0.2) is 34.8 Å². The highest BCUT2D eigenvalue weighted by Crippen LogP contribution is 2.31. The van der Waals surface area contributed by atoms with Crippen molar-refractivity contribution < 1.29 is 9.53 Å². The van der Waals surface area contributed by atoms with E-state index in [2.05, 4.69) is 25.9 Å². The van der Waals surface area contributed by atoms with E-state index in [4.69, 9.17) is 10.5 Å². The van der Waals surface area contributed by atoms with Gasteiger partial charge in [-0.15, -0.1) is 0 Å². The van der Waals surface area contributed by atoms with E-state index in [1.165, 1.54) is 0 Å². The maximum Gasteiger partial charge on any atom is 0.270 e. The summed E-state index contributed by atoms with van der Waals surface area (Å²) in [5.74, 6) is 0.417. The summed E-state index contributed by atoms with van der Waals surface area (Å²) in [4.78, 5) is 22.7. The number of nitrogen functional groups attached to an aromatic ring is 1. The van der Waals surface area contributed by atoms with Gasteiger partial charge in [0.2, 0.25) is 0 Å². The number of pyridine rings is 1. The molecule has 0 saturated heterocycles. The monoisotopic (exact) mass is 428 g/mol. The van der Waals surface area contributed by atoms with Gasteiger partial charge in [0.1, 0.15) is 11.5 Å².